The lowest BCUT2D eigenvalue weighted by molar-refractivity contribution is 0.685. The predicted molar refractivity (Wildman–Crippen MR) is 71.1 cm³/mol. The topological polar surface area (TPSA) is 81.1 Å². The second-order valence-electron chi connectivity index (χ2n) is 3.98. The molecule has 0 amide bonds. The summed E-state index contributed by atoms with van der Waals surface area (Å²) >= 11 is 0. The molecule has 6 heteroatoms. The normalized spacial score (nSPS) is 13.3. The Morgan fingerprint density at radius 2 is 2.11 bits per heavy atom. The van der Waals surface area contributed by atoms with Gasteiger partial charge in [0.1, 0.15) is 12.4 Å². The third-order valence-corrected chi connectivity index (χ3v) is 2.50. The van der Waals surface area contributed by atoms with Gasteiger partial charge in [-0.25, -0.2) is 4.99 Å². The molecule has 0 saturated carbocycles. The molecule has 94 valence electrons. The van der Waals surface area contributed by atoms with Crippen molar-refractivity contribution in [3.63, 3.8) is 0 Å². The molecule has 1 aromatic heterocycles. The zero-order valence-corrected chi connectivity index (χ0v) is 10.4. The number of para-hydroxylation sites is 1. The molecule has 1 unspecified atom stereocenters. The summed E-state index contributed by atoms with van der Waals surface area (Å²) in [5.41, 5.74) is 6.75. The minimum atomic E-state index is -0.145. The number of anilines is 1. The largest absolute Gasteiger partial charge is 0.370 e. The van der Waals surface area contributed by atoms with E-state index in [-0.39, 0.29) is 6.04 Å². The third kappa shape index (κ3) is 2.85. The zero-order chi connectivity index (χ0) is 13.0. The van der Waals surface area contributed by atoms with Crippen molar-refractivity contribution in [1.82, 2.24) is 14.8 Å². The van der Waals surface area contributed by atoms with Gasteiger partial charge in [-0.2, -0.15) is 0 Å². The van der Waals surface area contributed by atoms with Gasteiger partial charge in [0.05, 0.1) is 0 Å². The molecule has 1 atom stereocenters. The van der Waals surface area contributed by atoms with Crippen LogP contribution < -0.4 is 11.1 Å². The Labute approximate surface area is 106 Å². The average Bonchev–Trinajstić information content (AvgIpc) is 2.76. The van der Waals surface area contributed by atoms with E-state index in [1.807, 2.05) is 48.9 Å². The van der Waals surface area contributed by atoms with Crippen molar-refractivity contribution in [2.75, 3.05) is 5.32 Å². The lowest BCUT2D eigenvalue weighted by Crippen LogP contribution is -2.23. The SMILES string of the molecule is CC(N=C(N)Nc1ccccc1)c1nncn1C. The number of nitrogens with one attached hydrogen (secondary N) is 1. The lowest BCUT2D eigenvalue weighted by atomic mass is 10.3. The molecule has 6 nitrogen and oxygen atoms in total. The van der Waals surface area contributed by atoms with Gasteiger partial charge in [0.25, 0.3) is 0 Å². The number of aromatic nitrogens is 3. The van der Waals surface area contributed by atoms with E-state index in [2.05, 4.69) is 20.5 Å². The summed E-state index contributed by atoms with van der Waals surface area (Å²) in [6.07, 6.45) is 1.64. The monoisotopic (exact) mass is 244 g/mol. The van der Waals surface area contributed by atoms with Crippen LogP contribution in [0.4, 0.5) is 5.69 Å². The maximum Gasteiger partial charge on any atom is 0.193 e. The van der Waals surface area contributed by atoms with Gasteiger partial charge in [0.15, 0.2) is 11.8 Å². The van der Waals surface area contributed by atoms with Crippen LogP contribution in [0.1, 0.15) is 18.8 Å². The van der Waals surface area contributed by atoms with E-state index in [0.29, 0.717) is 5.96 Å². The molecule has 2 rings (SSSR count). The van der Waals surface area contributed by atoms with Gasteiger partial charge in [0.2, 0.25) is 0 Å². The minimum absolute atomic E-state index is 0.145. The van der Waals surface area contributed by atoms with Crippen LogP contribution in [0.15, 0.2) is 41.7 Å². The molecular weight excluding hydrogens is 228 g/mol. The fourth-order valence-corrected chi connectivity index (χ4v) is 1.64. The van der Waals surface area contributed by atoms with Crippen molar-refractivity contribution >= 4 is 11.6 Å². The Bertz CT molecular complexity index is 531. The molecule has 18 heavy (non-hydrogen) atoms. The Morgan fingerprint density at radius 1 is 1.39 bits per heavy atom. The number of rotatable bonds is 3. The molecule has 1 heterocycles. The van der Waals surface area contributed by atoms with Crippen molar-refractivity contribution < 1.29 is 0 Å². The van der Waals surface area contributed by atoms with Crippen LogP contribution in [-0.4, -0.2) is 20.7 Å². The van der Waals surface area contributed by atoms with E-state index in [4.69, 9.17) is 5.73 Å². The van der Waals surface area contributed by atoms with Crippen LogP contribution in [0, 0.1) is 0 Å². The fourth-order valence-electron chi connectivity index (χ4n) is 1.64. The summed E-state index contributed by atoms with van der Waals surface area (Å²) in [4.78, 5) is 4.34. The quantitative estimate of drug-likeness (QED) is 0.630. The maximum absolute atomic E-state index is 5.84. The molecule has 2 aromatic rings. The van der Waals surface area contributed by atoms with E-state index < -0.39 is 0 Å². The highest BCUT2D eigenvalue weighted by molar-refractivity contribution is 5.92. The summed E-state index contributed by atoms with van der Waals surface area (Å²) in [6.45, 7) is 1.92. The number of hydrogen-bond acceptors (Lipinski definition) is 3. The van der Waals surface area contributed by atoms with Crippen molar-refractivity contribution in [3.8, 4) is 0 Å². The van der Waals surface area contributed by atoms with Gasteiger partial charge in [0, 0.05) is 12.7 Å². The first kappa shape index (κ1) is 12.1. The second kappa shape index (κ2) is 5.31. The first-order valence-corrected chi connectivity index (χ1v) is 5.66. The number of hydrogen-bond donors (Lipinski definition) is 2. The van der Waals surface area contributed by atoms with Crippen molar-refractivity contribution in [2.45, 2.75) is 13.0 Å². The highest BCUT2D eigenvalue weighted by Crippen LogP contribution is 2.12. The Balaban J connectivity index is 2.07. The van der Waals surface area contributed by atoms with E-state index in [1.165, 1.54) is 0 Å². The summed E-state index contributed by atoms with van der Waals surface area (Å²) < 4.78 is 1.82. The fraction of sp³-hybridized carbons (Fsp3) is 0.250. The Hall–Kier alpha value is -2.37. The maximum atomic E-state index is 5.84. The van der Waals surface area contributed by atoms with E-state index >= 15 is 0 Å². The van der Waals surface area contributed by atoms with Crippen LogP contribution >= 0.6 is 0 Å². The van der Waals surface area contributed by atoms with Gasteiger partial charge in [-0.1, -0.05) is 18.2 Å². The first-order chi connectivity index (χ1) is 8.66. The van der Waals surface area contributed by atoms with Gasteiger partial charge >= 0.3 is 0 Å². The Morgan fingerprint density at radius 3 is 2.72 bits per heavy atom. The van der Waals surface area contributed by atoms with E-state index in [0.717, 1.165) is 11.5 Å². The molecule has 3 N–H and O–H groups in total. The minimum Gasteiger partial charge on any atom is -0.370 e. The highest BCUT2D eigenvalue weighted by atomic mass is 15.3. The summed E-state index contributed by atoms with van der Waals surface area (Å²) in [5, 5.41) is 10.8. The molecule has 0 spiro atoms. The molecule has 0 aliphatic rings. The van der Waals surface area contributed by atoms with Gasteiger partial charge in [-0.3, -0.25) is 0 Å². The smallest absolute Gasteiger partial charge is 0.193 e. The first-order valence-electron chi connectivity index (χ1n) is 5.66. The van der Waals surface area contributed by atoms with Crippen molar-refractivity contribution in [1.29, 1.82) is 0 Å². The van der Waals surface area contributed by atoms with Crippen LogP contribution in [0.2, 0.25) is 0 Å². The van der Waals surface area contributed by atoms with Crippen LogP contribution in [0.25, 0.3) is 0 Å². The van der Waals surface area contributed by atoms with Gasteiger partial charge in [-0.05, 0) is 19.1 Å². The summed E-state index contributed by atoms with van der Waals surface area (Å²) in [7, 11) is 1.88. The third-order valence-electron chi connectivity index (χ3n) is 2.50. The Kier molecular flexibility index (Phi) is 3.57. The van der Waals surface area contributed by atoms with Crippen LogP contribution in [0.5, 0.6) is 0 Å². The standard InChI is InChI=1S/C12H16N6/c1-9(11-17-14-8-18(11)2)15-12(13)16-10-6-4-3-5-7-10/h3-9H,1-2H3,(H3,13,15,16). The second-order valence-corrected chi connectivity index (χ2v) is 3.98. The molecule has 0 aliphatic carbocycles. The van der Waals surface area contributed by atoms with Crippen LogP contribution in [-0.2, 0) is 7.05 Å². The molecule has 1 aromatic carbocycles. The average molecular weight is 244 g/mol. The number of nitrogens with two attached hydrogens (primary N) is 1. The van der Waals surface area contributed by atoms with Crippen LogP contribution in [0.3, 0.4) is 0 Å². The molecule has 0 aliphatic heterocycles. The lowest BCUT2D eigenvalue weighted by Gasteiger charge is -2.09. The molecule has 0 bridgehead atoms. The van der Waals surface area contributed by atoms with Gasteiger partial charge < -0.3 is 15.6 Å². The van der Waals surface area contributed by atoms with Gasteiger partial charge in [-0.15, -0.1) is 10.2 Å². The van der Waals surface area contributed by atoms with Crippen molar-refractivity contribution in [2.24, 2.45) is 17.8 Å². The highest BCUT2D eigenvalue weighted by Gasteiger charge is 2.10. The van der Waals surface area contributed by atoms with Crippen molar-refractivity contribution in [3.05, 3.63) is 42.5 Å². The van der Waals surface area contributed by atoms with E-state index in [9.17, 15) is 0 Å². The van der Waals surface area contributed by atoms with E-state index in [1.54, 1.807) is 6.33 Å². The molecular formula is C12H16N6. The molecule has 0 saturated heterocycles. The number of aliphatic imine (C=N–C) groups is 1. The number of benzene rings is 1. The zero-order valence-electron chi connectivity index (χ0n) is 10.4. The molecule has 0 radical (unpaired) electrons. The number of nitrogens with zero attached hydrogens (tertiary/aromatic N) is 4. The summed E-state index contributed by atoms with van der Waals surface area (Å²) in [5.74, 6) is 1.13. The summed E-state index contributed by atoms with van der Waals surface area (Å²) in [6, 6.07) is 9.52. The molecule has 0 fully saturated rings. The predicted octanol–water partition coefficient (Wildman–Crippen LogP) is 1.30. The number of aryl methyl sites for hydroxylation is 1. The number of guanidine groups is 1.